The molecule has 0 saturated carbocycles. The van der Waals surface area contributed by atoms with E-state index in [1.807, 2.05) is 67.8 Å². The molecule has 2 aromatic carbocycles. The third-order valence-corrected chi connectivity index (χ3v) is 5.93. The molecular formula is C23H21N3O2S. The Morgan fingerprint density at radius 2 is 1.90 bits per heavy atom. The molecule has 0 fully saturated rings. The topological polar surface area (TPSA) is 64.0 Å². The van der Waals surface area contributed by atoms with Crippen molar-refractivity contribution in [2.45, 2.75) is 26.8 Å². The summed E-state index contributed by atoms with van der Waals surface area (Å²) in [5.74, 6) is -0.253. The van der Waals surface area contributed by atoms with Crippen LogP contribution in [0.15, 0.2) is 65.0 Å². The maximum absolute atomic E-state index is 13.2. The van der Waals surface area contributed by atoms with Crippen LogP contribution in [0.4, 0.5) is 5.69 Å². The van der Waals surface area contributed by atoms with E-state index in [9.17, 15) is 9.59 Å². The Morgan fingerprint density at radius 1 is 1.14 bits per heavy atom. The number of thiophene rings is 1. The van der Waals surface area contributed by atoms with Crippen molar-refractivity contribution in [3.8, 4) is 11.1 Å². The number of aryl methyl sites for hydroxylation is 2. The Kier molecular flexibility index (Phi) is 5.03. The summed E-state index contributed by atoms with van der Waals surface area (Å²) in [6.07, 6.45) is 1.46. The maximum atomic E-state index is 13.2. The molecule has 0 aliphatic rings. The molecule has 0 radical (unpaired) electrons. The average molecular weight is 404 g/mol. The fraction of sp³-hybridized carbons (Fsp3) is 0.174. The van der Waals surface area contributed by atoms with Gasteiger partial charge in [-0.15, -0.1) is 11.3 Å². The number of carbonyl (C=O) groups is 1. The largest absolute Gasteiger partial charge is 0.324 e. The maximum Gasteiger partial charge on any atom is 0.263 e. The van der Waals surface area contributed by atoms with Crippen LogP contribution in [-0.2, 0) is 4.79 Å². The van der Waals surface area contributed by atoms with Crippen molar-refractivity contribution in [3.05, 3.63) is 81.7 Å². The van der Waals surface area contributed by atoms with E-state index in [2.05, 4.69) is 10.3 Å². The highest BCUT2D eigenvalue weighted by Gasteiger charge is 2.20. The van der Waals surface area contributed by atoms with Gasteiger partial charge in [-0.05, 0) is 38.0 Å². The van der Waals surface area contributed by atoms with E-state index in [4.69, 9.17) is 0 Å². The predicted molar refractivity (Wildman–Crippen MR) is 119 cm³/mol. The number of hydrogen-bond donors (Lipinski definition) is 1. The summed E-state index contributed by atoms with van der Waals surface area (Å²) in [5, 5.41) is 5.42. The summed E-state index contributed by atoms with van der Waals surface area (Å²) < 4.78 is 1.40. The molecule has 29 heavy (non-hydrogen) atoms. The van der Waals surface area contributed by atoms with E-state index in [1.165, 1.54) is 22.2 Å². The smallest absolute Gasteiger partial charge is 0.263 e. The van der Waals surface area contributed by atoms with Gasteiger partial charge in [-0.2, -0.15) is 0 Å². The minimum absolute atomic E-state index is 0.210. The van der Waals surface area contributed by atoms with E-state index < -0.39 is 6.04 Å². The Balaban J connectivity index is 1.71. The van der Waals surface area contributed by atoms with Gasteiger partial charge in [-0.25, -0.2) is 4.98 Å². The number of nitrogens with zero attached hydrogens (tertiary/aromatic N) is 2. The SMILES string of the molecule is Cc1ccc(NC(=O)[C@H](C)n2cnc3scc(-c4ccccc4)c3c2=O)c(C)c1. The standard InChI is InChI=1S/C23H21N3O2S/c1-14-9-10-19(15(2)11-14)25-21(27)16(3)26-13-24-22-20(23(26)28)18(12-29-22)17-7-5-4-6-8-17/h4-13,16H,1-3H3,(H,25,27)/t16-/m0/s1. The number of amides is 1. The number of carbonyl (C=O) groups excluding carboxylic acids is 1. The number of fused-ring (bicyclic) bond motifs is 1. The molecule has 0 bridgehead atoms. The highest BCUT2D eigenvalue weighted by molar-refractivity contribution is 7.17. The molecule has 0 spiro atoms. The first-order chi connectivity index (χ1) is 14.0. The van der Waals surface area contributed by atoms with Gasteiger partial charge in [-0.1, -0.05) is 48.0 Å². The molecule has 0 aliphatic heterocycles. The van der Waals surface area contributed by atoms with Crippen LogP contribution in [0.5, 0.6) is 0 Å². The molecule has 0 aliphatic carbocycles. The van der Waals surface area contributed by atoms with Gasteiger partial charge in [0.2, 0.25) is 5.91 Å². The van der Waals surface area contributed by atoms with Crippen LogP contribution in [0.3, 0.4) is 0 Å². The zero-order valence-electron chi connectivity index (χ0n) is 16.5. The monoisotopic (exact) mass is 403 g/mol. The second-order valence-electron chi connectivity index (χ2n) is 7.14. The second kappa shape index (κ2) is 7.64. The number of anilines is 1. The molecule has 0 saturated heterocycles. The van der Waals surface area contributed by atoms with Crippen molar-refractivity contribution in [2.24, 2.45) is 0 Å². The Morgan fingerprint density at radius 3 is 2.62 bits per heavy atom. The average Bonchev–Trinajstić information content (AvgIpc) is 3.15. The van der Waals surface area contributed by atoms with Crippen LogP contribution in [0, 0.1) is 13.8 Å². The lowest BCUT2D eigenvalue weighted by atomic mass is 10.1. The summed E-state index contributed by atoms with van der Waals surface area (Å²) >= 11 is 1.43. The van der Waals surface area contributed by atoms with Crippen molar-refractivity contribution in [1.82, 2.24) is 9.55 Å². The normalized spacial score (nSPS) is 12.1. The van der Waals surface area contributed by atoms with Crippen LogP contribution in [-0.4, -0.2) is 15.5 Å². The highest BCUT2D eigenvalue weighted by atomic mass is 32.1. The molecule has 1 N–H and O–H groups in total. The minimum atomic E-state index is -0.691. The summed E-state index contributed by atoms with van der Waals surface area (Å²) in [7, 11) is 0. The number of nitrogens with one attached hydrogen (secondary N) is 1. The third kappa shape index (κ3) is 3.59. The van der Waals surface area contributed by atoms with E-state index >= 15 is 0 Å². The van der Waals surface area contributed by atoms with Gasteiger partial charge >= 0.3 is 0 Å². The van der Waals surface area contributed by atoms with Crippen LogP contribution >= 0.6 is 11.3 Å². The van der Waals surface area contributed by atoms with Gasteiger partial charge in [0.25, 0.3) is 5.56 Å². The minimum Gasteiger partial charge on any atom is -0.324 e. The lowest BCUT2D eigenvalue weighted by Crippen LogP contribution is -2.31. The quantitative estimate of drug-likeness (QED) is 0.525. The van der Waals surface area contributed by atoms with E-state index in [-0.39, 0.29) is 11.5 Å². The highest BCUT2D eigenvalue weighted by Crippen LogP contribution is 2.30. The van der Waals surface area contributed by atoms with Crippen molar-refractivity contribution in [2.75, 3.05) is 5.32 Å². The van der Waals surface area contributed by atoms with Gasteiger partial charge in [0.15, 0.2) is 0 Å². The van der Waals surface area contributed by atoms with Gasteiger partial charge in [-0.3, -0.25) is 14.2 Å². The fourth-order valence-electron chi connectivity index (χ4n) is 3.37. The number of aromatic nitrogens is 2. The van der Waals surface area contributed by atoms with Gasteiger partial charge in [0, 0.05) is 16.6 Å². The molecule has 6 heteroatoms. The summed E-state index contributed by atoms with van der Waals surface area (Å²) in [5.41, 5.74) is 4.46. The molecule has 2 aromatic heterocycles. The molecule has 4 rings (SSSR count). The van der Waals surface area contributed by atoms with Crippen LogP contribution in [0.2, 0.25) is 0 Å². The summed E-state index contributed by atoms with van der Waals surface area (Å²) in [6.45, 7) is 5.67. The lowest BCUT2D eigenvalue weighted by Gasteiger charge is -2.16. The summed E-state index contributed by atoms with van der Waals surface area (Å²) in [6, 6.07) is 14.9. The van der Waals surface area contributed by atoms with Crippen molar-refractivity contribution < 1.29 is 4.79 Å². The molecule has 146 valence electrons. The van der Waals surface area contributed by atoms with Crippen LogP contribution in [0.1, 0.15) is 24.1 Å². The first kappa shape index (κ1) is 19.1. The van der Waals surface area contributed by atoms with Gasteiger partial charge in [0.1, 0.15) is 10.9 Å². The third-order valence-electron chi connectivity index (χ3n) is 5.04. The van der Waals surface area contributed by atoms with E-state index in [0.717, 1.165) is 27.9 Å². The first-order valence-electron chi connectivity index (χ1n) is 9.37. The van der Waals surface area contributed by atoms with E-state index in [0.29, 0.717) is 10.2 Å². The van der Waals surface area contributed by atoms with Gasteiger partial charge < -0.3 is 5.32 Å². The van der Waals surface area contributed by atoms with Gasteiger partial charge in [0.05, 0.1) is 11.7 Å². The molecule has 1 amide bonds. The number of benzene rings is 2. The molecule has 0 unspecified atom stereocenters. The Hall–Kier alpha value is -3.25. The zero-order valence-corrected chi connectivity index (χ0v) is 17.3. The van der Waals surface area contributed by atoms with Crippen LogP contribution in [0.25, 0.3) is 21.3 Å². The summed E-state index contributed by atoms with van der Waals surface area (Å²) in [4.78, 5) is 31.2. The van der Waals surface area contributed by atoms with Crippen molar-refractivity contribution in [1.29, 1.82) is 0 Å². The predicted octanol–water partition coefficient (Wildman–Crippen LogP) is 4.94. The van der Waals surface area contributed by atoms with Crippen LogP contribution < -0.4 is 10.9 Å². The molecule has 1 atom stereocenters. The fourth-order valence-corrected chi connectivity index (χ4v) is 4.28. The van der Waals surface area contributed by atoms with E-state index in [1.54, 1.807) is 6.92 Å². The zero-order chi connectivity index (χ0) is 20.5. The number of hydrogen-bond acceptors (Lipinski definition) is 4. The van der Waals surface area contributed by atoms with Crippen molar-refractivity contribution >= 4 is 33.1 Å². The molecule has 5 nitrogen and oxygen atoms in total. The Labute approximate surface area is 172 Å². The number of rotatable bonds is 4. The lowest BCUT2D eigenvalue weighted by molar-refractivity contribution is -0.118. The Bertz CT molecular complexity index is 1260. The molecule has 4 aromatic rings. The molecule has 2 heterocycles. The molecular weight excluding hydrogens is 382 g/mol. The first-order valence-corrected chi connectivity index (χ1v) is 10.3. The second-order valence-corrected chi connectivity index (χ2v) is 7.99. The van der Waals surface area contributed by atoms with Crippen molar-refractivity contribution in [3.63, 3.8) is 0 Å².